The summed E-state index contributed by atoms with van der Waals surface area (Å²) in [6, 6.07) is 18.4. The van der Waals surface area contributed by atoms with E-state index in [1.54, 1.807) is 43.5 Å². The van der Waals surface area contributed by atoms with Gasteiger partial charge in [0.1, 0.15) is 18.1 Å². The molecule has 0 atom stereocenters. The Labute approximate surface area is 193 Å². The summed E-state index contributed by atoms with van der Waals surface area (Å²) in [7, 11) is 1.60. The molecule has 162 valence electrons. The highest BCUT2D eigenvalue weighted by molar-refractivity contribution is 6.35. The maximum Gasteiger partial charge on any atom is 0.251 e. The maximum absolute atomic E-state index is 12.7. The zero-order valence-electron chi connectivity index (χ0n) is 17.7. The van der Waals surface area contributed by atoms with Crippen molar-refractivity contribution in [3.8, 4) is 11.5 Å². The fourth-order valence-electron chi connectivity index (χ4n) is 3.22. The summed E-state index contributed by atoms with van der Waals surface area (Å²) in [6.45, 7) is 4.84. The van der Waals surface area contributed by atoms with Gasteiger partial charge in [0.2, 0.25) is 0 Å². The average Bonchev–Trinajstić information content (AvgIpc) is 2.76. The van der Waals surface area contributed by atoms with E-state index in [9.17, 15) is 4.79 Å². The quantitative estimate of drug-likeness (QED) is 0.412. The van der Waals surface area contributed by atoms with Crippen LogP contribution in [0.25, 0.3) is 0 Å². The van der Waals surface area contributed by atoms with E-state index in [0.29, 0.717) is 33.8 Å². The Morgan fingerprint density at radius 2 is 1.74 bits per heavy atom. The van der Waals surface area contributed by atoms with Gasteiger partial charge in [-0.05, 0) is 53.4 Å². The van der Waals surface area contributed by atoms with E-state index in [2.05, 4.69) is 25.2 Å². The third kappa shape index (κ3) is 5.93. The Morgan fingerprint density at radius 3 is 2.45 bits per heavy atom. The van der Waals surface area contributed by atoms with Gasteiger partial charge in [0.05, 0.1) is 7.11 Å². The number of hydrogen-bond acceptors (Lipinski definition) is 3. The molecule has 0 bridgehead atoms. The van der Waals surface area contributed by atoms with Gasteiger partial charge in [0.15, 0.2) is 0 Å². The van der Waals surface area contributed by atoms with Crippen LogP contribution in [0.4, 0.5) is 0 Å². The Kier molecular flexibility index (Phi) is 7.83. The van der Waals surface area contributed by atoms with Crippen LogP contribution in [0.1, 0.15) is 46.8 Å². The molecule has 3 aromatic carbocycles. The smallest absolute Gasteiger partial charge is 0.251 e. The molecule has 0 heterocycles. The minimum absolute atomic E-state index is 0.211. The molecule has 0 aliphatic rings. The van der Waals surface area contributed by atoms with E-state index in [0.717, 1.165) is 22.4 Å². The van der Waals surface area contributed by atoms with Gasteiger partial charge in [-0.3, -0.25) is 4.79 Å². The van der Waals surface area contributed by atoms with E-state index in [4.69, 9.17) is 32.7 Å². The van der Waals surface area contributed by atoms with Crippen molar-refractivity contribution in [2.24, 2.45) is 0 Å². The lowest BCUT2D eigenvalue weighted by molar-refractivity contribution is 0.0950. The molecule has 1 amide bonds. The molecule has 0 radical (unpaired) electrons. The molecule has 0 spiro atoms. The van der Waals surface area contributed by atoms with Crippen molar-refractivity contribution in [2.75, 3.05) is 7.11 Å². The summed E-state index contributed by atoms with van der Waals surface area (Å²) in [6.07, 6.45) is 0. The lowest BCUT2D eigenvalue weighted by Crippen LogP contribution is -2.23. The second-order valence-electron chi connectivity index (χ2n) is 7.43. The van der Waals surface area contributed by atoms with Crippen LogP contribution in [-0.2, 0) is 13.2 Å². The minimum Gasteiger partial charge on any atom is -0.496 e. The van der Waals surface area contributed by atoms with Crippen LogP contribution >= 0.6 is 23.2 Å². The van der Waals surface area contributed by atoms with Gasteiger partial charge in [-0.15, -0.1) is 0 Å². The molecule has 0 aliphatic heterocycles. The number of rotatable bonds is 8. The summed E-state index contributed by atoms with van der Waals surface area (Å²) in [5.74, 6) is 1.62. The molecular weight excluding hydrogens is 433 g/mol. The van der Waals surface area contributed by atoms with E-state index >= 15 is 0 Å². The summed E-state index contributed by atoms with van der Waals surface area (Å²) < 4.78 is 11.5. The van der Waals surface area contributed by atoms with Crippen molar-refractivity contribution < 1.29 is 14.3 Å². The fraction of sp³-hybridized carbons (Fsp3) is 0.240. The summed E-state index contributed by atoms with van der Waals surface area (Å²) in [5, 5.41) is 3.96. The number of nitrogens with one attached hydrogen (secondary N) is 1. The van der Waals surface area contributed by atoms with Crippen LogP contribution in [0, 0.1) is 0 Å². The number of benzene rings is 3. The van der Waals surface area contributed by atoms with Crippen molar-refractivity contribution in [1.82, 2.24) is 5.32 Å². The Balaban J connectivity index is 1.73. The van der Waals surface area contributed by atoms with Gasteiger partial charge in [0, 0.05) is 27.7 Å². The molecule has 3 aromatic rings. The van der Waals surface area contributed by atoms with Crippen molar-refractivity contribution in [3.63, 3.8) is 0 Å². The summed E-state index contributed by atoms with van der Waals surface area (Å²) in [5.41, 5.74) is 3.23. The van der Waals surface area contributed by atoms with Gasteiger partial charge in [-0.2, -0.15) is 0 Å². The van der Waals surface area contributed by atoms with Crippen molar-refractivity contribution in [2.45, 2.75) is 32.9 Å². The molecule has 0 saturated heterocycles. The van der Waals surface area contributed by atoms with Crippen molar-refractivity contribution in [3.05, 3.63) is 93.0 Å². The molecule has 0 aromatic heterocycles. The van der Waals surface area contributed by atoms with Crippen LogP contribution in [0.5, 0.6) is 11.5 Å². The molecule has 0 unspecified atom stereocenters. The average molecular weight is 458 g/mol. The fourth-order valence-corrected chi connectivity index (χ4v) is 3.69. The van der Waals surface area contributed by atoms with Gasteiger partial charge in [-0.1, -0.05) is 61.3 Å². The van der Waals surface area contributed by atoms with Gasteiger partial charge >= 0.3 is 0 Å². The number of ether oxygens (including phenoxy) is 2. The zero-order chi connectivity index (χ0) is 22.4. The van der Waals surface area contributed by atoms with E-state index in [-0.39, 0.29) is 12.5 Å². The third-order valence-corrected chi connectivity index (χ3v) is 5.51. The lowest BCUT2D eigenvalue weighted by atomic mass is 10.0. The van der Waals surface area contributed by atoms with E-state index < -0.39 is 0 Å². The molecule has 0 fully saturated rings. The van der Waals surface area contributed by atoms with Gasteiger partial charge in [-0.25, -0.2) is 0 Å². The molecule has 31 heavy (non-hydrogen) atoms. The molecule has 1 N–H and O–H groups in total. The van der Waals surface area contributed by atoms with Gasteiger partial charge < -0.3 is 14.8 Å². The number of para-hydroxylation sites is 1. The number of methoxy groups -OCH3 is 1. The standard InChI is InChI=1S/C25H25Cl2NO3/c1-16(2)21-6-4-5-7-24(21)31-15-19-12-17(9-11-23(19)30-3)25(29)28-14-18-8-10-20(26)13-22(18)27/h4-13,16H,14-15H2,1-3H3,(H,28,29). The highest BCUT2D eigenvalue weighted by Gasteiger charge is 2.13. The van der Waals surface area contributed by atoms with Crippen LogP contribution in [0.3, 0.4) is 0 Å². The van der Waals surface area contributed by atoms with Crippen LogP contribution < -0.4 is 14.8 Å². The first-order chi connectivity index (χ1) is 14.9. The molecular formula is C25H25Cl2NO3. The molecule has 0 saturated carbocycles. The number of hydrogen-bond donors (Lipinski definition) is 1. The number of carbonyl (C=O) groups excluding carboxylic acids is 1. The SMILES string of the molecule is COc1ccc(C(=O)NCc2ccc(Cl)cc2Cl)cc1COc1ccccc1C(C)C. The number of amides is 1. The minimum atomic E-state index is -0.211. The predicted molar refractivity (Wildman–Crippen MR) is 125 cm³/mol. The number of carbonyl (C=O) groups is 1. The first-order valence-electron chi connectivity index (χ1n) is 9.99. The van der Waals surface area contributed by atoms with E-state index in [1.165, 1.54) is 0 Å². The van der Waals surface area contributed by atoms with Crippen LogP contribution in [-0.4, -0.2) is 13.0 Å². The first-order valence-corrected chi connectivity index (χ1v) is 10.8. The van der Waals surface area contributed by atoms with Crippen molar-refractivity contribution >= 4 is 29.1 Å². The van der Waals surface area contributed by atoms with Crippen LogP contribution in [0.2, 0.25) is 10.0 Å². The Bertz CT molecular complexity index is 1070. The highest BCUT2D eigenvalue weighted by Crippen LogP contribution is 2.28. The molecule has 4 nitrogen and oxygen atoms in total. The number of halogens is 2. The summed E-state index contributed by atoms with van der Waals surface area (Å²) in [4.78, 5) is 12.7. The second kappa shape index (κ2) is 10.6. The maximum atomic E-state index is 12.7. The third-order valence-electron chi connectivity index (χ3n) is 4.92. The monoisotopic (exact) mass is 457 g/mol. The predicted octanol–water partition coefficient (Wildman–Crippen LogP) is 6.63. The van der Waals surface area contributed by atoms with Gasteiger partial charge in [0.25, 0.3) is 5.91 Å². The Morgan fingerprint density at radius 1 is 0.968 bits per heavy atom. The van der Waals surface area contributed by atoms with Crippen LogP contribution in [0.15, 0.2) is 60.7 Å². The molecule has 3 rings (SSSR count). The normalized spacial score (nSPS) is 10.8. The second-order valence-corrected chi connectivity index (χ2v) is 8.27. The topological polar surface area (TPSA) is 47.6 Å². The Hall–Kier alpha value is -2.69. The molecule has 0 aliphatic carbocycles. The highest BCUT2D eigenvalue weighted by atomic mass is 35.5. The van der Waals surface area contributed by atoms with E-state index in [1.807, 2.05) is 18.2 Å². The van der Waals surface area contributed by atoms with Crippen molar-refractivity contribution in [1.29, 1.82) is 0 Å². The molecule has 6 heteroatoms. The summed E-state index contributed by atoms with van der Waals surface area (Å²) >= 11 is 12.1. The lowest BCUT2D eigenvalue weighted by Gasteiger charge is -2.16. The zero-order valence-corrected chi connectivity index (χ0v) is 19.3. The first kappa shape index (κ1) is 23.0. The largest absolute Gasteiger partial charge is 0.496 e.